The van der Waals surface area contributed by atoms with Crippen molar-refractivity contribution in [1.29, 1.82) is 0 Å². The van der Waals surface area contributed by atoms with E-state index >= 15 is 0 Å². The van der Waals surface area contributed by atoms with Crippen molar-refractivity contribution in [2.75, 3.05) is 13.2 Å². The Balaban J connectivity index is 4.38. The Bertz CT molecular complexity index is 1460. The number of hydrogen-bond acceptors (Lipinski definition) is 6. The average Bonchev–Trinajstić information content (AvgIpc) is 3.37. The molecule has 71 heavy (non-hydrogen) atoms. The van der Waals surface area contributed by atoms with E-state index < -0.39 is 6.10 Å². The number of unbranched alkanes of at least 4 members (excludes halogenated alkanes) is 23. The van der Waals surface area contributed by atoms with Gasteiger partial charge in [0.2, 0.25) is 0 Å². The Kier molecular flexibility index (Phi) is 55.4. The fourth-order valence-electron chi connectivity index (χ4n) is 7.93. The summed E-state index contributed by atoms with van der Waals surface area (Å²) in [5.74, 6) is -0.919. The van der Waals surface area contributed by atoms with Crippen LogP contribution in [-0.2, 0) is 28.6 Å². The van der Waals surface area contributed by atoms with Gasteiger partial charge < -0.3 is 14.2 Å². The minimum Gasteiger partial charge on any atom is -0.462 e. The van der Waals surface area contributed by atoms with Gasteiger partial charge in [0.15, 0.2) is 6.10 Å². The van der Waals surface area contributed by atoms with E-state index in [2.05, 4.69) is 130 Å². The van der Waals surface area contributed by atoms with Crippen molar-refractivity contribution in [2.45, 2.75) is 271 Å². The number of carbonyl (C=O) groups is 3. The second-order valence-corrected chi connectivity index (χ2v) is 19.1. The highest BCUT2D eigenvalue weighted by Crippen LogP contribution is 2.15. The highest BCUT2D eigenvalue weighted by atomic mass is 16.6. The summed E-state index contributed by atoms with van der Waals surface area (Å²) in [6, 6.07) is 0. The van der Waals surface area contributed by atoms with Crippen LogP contribution in [-0.4, -0.2) is 37.2 Å². The van der Waals surface area contributed by atoms with Crippen molar-refractivity contribution in [2.24, 2.45) is 0 Å². The molecule has 0 spiro atoms. The third kappa shape index (κ3) is 56.9. The van der Waals surface area contributed by atoms with Gasteiger partial charge in [0.05, 0.1) is 0 Å². The van der Waals surface area contributed by atoms with Gasteiger partial charge in [0, 0.05) is 19.3 Å². The maximum Gasteiger partial charge on any atom is 0.306 e. The van der Waals surface area contributed by atoms with Gasteiger partial charge >= 0.3 is 17.9 Å². The maximum atomic E-state index is 12.8. The van der Waals surface area contributed by atoms with Gasteiger partial charge in [0.1, 0.15) is 13.2 Å². The summed E-state index contributed by atoms with van der Waals surface area (Å²) in [6.07, 6.45) is 79.3. The molecule has 0 aromatic carbocycles. The Morgan fingerprint density at radius 2 is 0.549 bits per heavy atom. The molecule has 1 unspecified atom stereocenters. The standard InChI is InChI=1S/C65H108O6/c1-4-7-10-13-16-19-22-25-27-28-29-30-31-32-33-34-35-36-38-40-43-46-49-52-55-58-64(67)70-61-62(60-69-63(66)57-54-51-48-45-42-39-24-21-18-15-12-9-6-3)71-65(68)59-56-53-50-47-44-41-37-26-23-20-17-14-11-8-5-2/h7-8,10-11,16-17,19-20,25-27,29-30,32-33,35-37,62H,4-6,9,12-15,18,21-24,28,31,34,38-61H2,1-3H3/b10-7-,11-8-,19-16-,20-17-,27-25-,30-29-,33-32-,36-35-,37-26-. The lowest BCUT2D eigenvalue weighted by atomic mass is 10.0. The summed E-state index contributed by atoms with van der Waals surface area (Å²) in [5, 5.41) is 0. The number of ether oxygens (including phenoxy) is 3. The molecule has 0 N–H and O–H groups in total. The van der Waals surface area contributed by atoms with Crippen molar-refractivity contribution in [1.82, 2.24) is 0 Å². The van der Waals surface area contributed by atoms with Gasteiger partial charge in [-0.15, -0.1) is 0 Å². The predicted molar refractivity (Wildman–Crippen MR) is 307 cm³/mol. The van der Waals surface area contributed by atoms with E-state index in [9.17, 15) is 14.4 Å². The molecule has 0 saturated heterocycles. The van der Waals surface area contributed by atoms with Crippen LogP contribution < -0.4 is 0 Å². The first-order valence-corrected chi connectivity index (χ1v) is 29.4. The van der Waals surface area contributed by atoms with E-state index in [4.69, 9.17) is 14.2 Å². The topological polar surface area (TPSA) is 78.9 Å². The second-order valence-electron chi connectivity index (χ2n) is 19.1. The van der Waals surface area contributed by atoms with Crippen molar-refractivity contribution in [3.8, 4) is 0 Å². The van der Waals surface area contributed by atoms with Crippen molar-refractivity contribution in [3.05, 3.63) is 109 Å². The number of rotatable bonds is 52. The molecule has 0 aromatic rings. The molecule has 6 nitrogen and oxygen atoms in total. The van der Waals surface area contributed by atoms with Crippen molar-refractivity contribution < 1.29 is 28.6 Å². The van der Waals surface area contributed by atoms with E-state index in [-0.39, 0.29) is 31.1 Å². The van der Waals surface area contributed by atoms with Crippen LogP contribution in [0.3, 0.4) is 0 Å². The fourth-order valence-corrected chi connectivity index (χ4v) is 7.93. The molecule has 0 heterocycles. The molecule has 6 heteroatoms. The quantitative estimate of drug-likeness (QED) is 0.0261. The molecule has 0 aliphatic carbocycles. The first-order chi connectivity index (χ1) is 35.0. The largest absolute Gasteiger partial charge is 0.462 e. The first kappa shape index (κ1) is 67.1. The Hall–Kier alpha value is -3.93. The van der Waals surface area contributed by atoms with E-state index in [1.807, 2.05) is 0 Å². The molecular formula is C65H108O6. The molecular weight excluding hydrogens is 877 g/mol. The van der Waals surface area contributed by atoms with Crippen LogP contribution in [0.1, 0.15) is 265 Å². The monoisotopic (exact) mass is 985 g/mol. The molecule has 0 amide bonds. The molecule has 0 aliphatic heterocycles. The molecule has 0 radical (unpaired) electrons. The first-order valence-electron chi connectivity index (χ1n) is 29.4. The lowest BCUT2D eigenvalue weighted by molar-refractivity contribution is -0.167. The van der Waals surface area contributed by atoms with Crippen LogP contribution in [0.15, 0.2) is 109 Å². The Morgan fingerprint density at radius 3 is 0.859 bits per heavy atom. The van der Waals surface area contributed by atoms with Crippen LogP contribution >= 0.6 is 0 Å². The summed E-state index contributed by atoms with van der Waals surface area (Å²) in [7, 11) is 0. The molecule has 0 saturated carbocycles. The van der Waals surface area contributed by atoms with E-state index in [1.165, 1.54) is 77.0 Å². The van der Waals surface area contributed by atoms with Gasteiger partial charge in [-0.2, -0.15) is 0 Å². The third-order valence-corrected chi connectivity index (χ3v) is 12.3. The minimum absolute atomic E-state index is 0.0892. The SMILES string of the molecule is CC/C=C\C/C=C\C/C=C\C/C=C\C/C=C\C/C=C\CCCCCCCCC(=O)OCC(COC(=O)CCCCCCCCCCCCCCC)OC(=O)CCCCCCC/C=C\C/C=C\C/C=C\CC. The molecule has 1 atom stereocenters. The van der Waals surface area contributed by atoms with Crippen LogP contribution in [0.5, 0.6) is 0 Å². The van der Waals surface area contributed by atoms with Gasteiger partial charge in [-0.25, -0.2) is 0 Å². The number of hydrogen-bond donors (Lipinski definition) is 0. The molecule has 0 aromatic heterocycles. The van der Waals surface area contributed by atoms with Crippen LogP contribution in [0, 0.1) is 0 Å². The summed E-state index contributed by atoms with van der Waals surface area (Å²) < 4.78 is 16.8. The zero-order valence-corrected chi connectivity index (χ0v) is 46.2. The molecule has 0 rings (SSSR count). The van der Waals surface area contributed by atoms with E-state index in [0.717, 1.165) is 148 Å². The zero-order chi connectivity index (χ0) is 51.4. The molecule has 404 valence electrons. The summed E-state index contributed by atoms with van der Waals surface area (Å²) in [5.41, 5.74) is 0. The predicted octanol–water partition coefficient (Wildman–Crippen LogP) is 19.9. The van der Waals surface area contributed by atoms with Gasteiger partial charge in [-0.1, -0.05) is 252 Å². The molecule has 0 aliphatic rings. The second kappa shape index (κ2) is 58.6. The minimum atomic E-state index is -0.794. The van der Waals surface area contributed by atoms with Gasteiger partial charge in [-0.3, -0.25) is 14.4 Å². The van der Waals surface area contributed by atoms with E-state index in [0.29, 0.717) is 19.3 Å². The van der Waals surface area contributed by atoms with Crippen molar-refractivity contribution >= 4 is 17.9 Å². The third-order valence-electron chi connectivity index (χ3n) is 12.3. The lowest BCUT2D eigenvalue weighted by Gasteiger charge is -2.18. The lowest BCUT2D eigenvalue weighted by Crippen LogP contribution is -2.30. The smallest absolute Gasteiger partial charge is 0.306 e. The fraction of sp³-hybridized carbons (Fsp3) is 0.677. The maximum absolute atomic E-state index is 12.8. The highest BCUT2D eigenvalue weighted by Gasteiger charge is 2.19. The van der Waals surface area contributed by atoms with E-state index in [1.54, 1.807) is 0 Å². The molecule has 0 fully saturated rings. The van der Waals surface area contributed by atoms with Gasteiger partial charge in [0.25, 0.3) is 0 Å². The number of allylic oxidation sites excluding steroid dienone is 18. The summed E-state index contributed by atoms with van der Waals surface area (Å²) in [6.45, 7) is 6.39. The van der Waals surface area contributed by atoms with Gasteiger partial charge in [-0.05, 0) is 103 Å². The Labute approximate surface area is 438 Å². The van der Waals surface area contributed by atoms with Crippen LogP contribution in [0.25, 0.3) is 0 Å². The van der Waals surface area contributed by atoms with Crippen molar-refractivity contribution in [3.63, 3.8) is 0 Å². The molecule has 0 bridgehead atoms. The number of esters is 3. The summed E-state index contributed by atoms with van der Waals surface area (Å²) in [4.78, 5) is 38.2. The Morgan fingerprint density at radius 1 is 0.296 bits per heavy atom. The zero-order valence-electron chi connectivity index (χ0n) is 46.2. The normalized spacial score (nSPS) is 12.9. The van der Waals surface area contributed by atoms with Crippen LogP contribution in [0.2, 0.25) is 0 Å². The highest BCUT2D eigenvalue weighted by molar-refractivity contribution is 5.71. The average molecular weight is 986 g/mol. The number of carbonyl (C=O) groups excluding carboxylic acids is 3. The van der Waals surface area contributed by atoms with Crippen LogP contribution in [0.4, 0.5) is 0 Å². The summed E-state index contributed by atoms with van der Waals surface area (Å²) >= 11 is 0.